The van der Waals surface area contributed by atoms with Gasteiger partial charge in [-0.25, -0.2) is 9.48 Å². The summed E-state index contributed by atoms with van der Waals surface area (Å²) in [7, 11) is 0. The molecule has 1 amide bonds. The van der Waals surface area contributed by atoms with Gasteiger partial charge in [0.1, 0.15) is 0 Å². The van der Waals surface area contributed by atoms with Crippen LogP contribution in [0.4, 0.5) is 0 Å². The van der Waals surface area contributed by atoms with E-state index in [0.29, 0.717) is 12.1 Å². The van der Waals surface area contributed by atoms with Gasteiger partial charge in [-0.1, -0.05) is 29.8 Å². The lowest BCUT2D eigenvalue weighted by atomic mass is 10.1. The van der Waals surface area contributed by atoms with Crippen molar-refractivity contribution in [1.29, 1.82) is 0 Å². The number of hydrogen-bond acceptors (Lipinski definition) is 4. The Balaban J connectivity index is 1.55. The molecule has 0 fully saturated rings. The molecule has 28 heavy (non-hydrogen) atoms. The van der Waals surface area contributed by atoms with E-state index in [1.165, 1.54) is 0 Å². The molecule has 0 radical (unpaired) electrons. The van der Waals surface area contributed by atoms with Crippen LogP contribution in [0.15, 0.2) is 60.8 Å². The number of hydrogen-bond donors (Lipinski definition) is 1. The molecule has 6 heteroatoms. The Bertz CT molecular complexity index is 959. The Morgan fingerprint density at radius 2 is 1.71 bits per heavy atom. The smallest absolute Gasteiger partial charge is 0.338 e. The van der Waals surface area contributed by atoms with E-state index >= 15 is 0 Å². The van der Waals surface area contributed by atoms with E-state index in [4.69, 9.17) is 4.74 Å². The van der Waals surface area contributed by atoms with Crippen molar-refractivity contribution in [3.63, 3.8) is 0 Å². The van der Waals surface area contributed by atoms with E-state index in [1.54, 1.807) is 42.1 Å². The van der Waals surface area contributed by atoms with E-state index < -0.39 is 12.1 Å². The Labute approximate surface area is 164 Å². The van der Waals surface area contributed by atoms with Gasteiger partial charge in [-0.3, -0.25) is 4.79 Å². The predicted molar refractivity (Wildman–Crippen MR) is 106 cm³/mol. The second-order valence-electron chi connectivity index (χ2n) is 6.68. The minimum Gasteiger partial charge on any atom is -0.449 e. The van der Waals surface area contributed by atoms with Crippen molar-refractivity contribution < 1.29 is 14.3 Å². The van der Waals surface area contributed by atoms with Crippen molar-refractivity contribution in [2.45, 2.75) is 33.4 Å². The quantitative estimate of drug-likeness (QED) is 0.669. The number of carbonyl (C=O) groups excluding carboxylic acids is 2. The van der Waals surface area contributed by atoms with Gasteiger partial charge in [0.05, 0.1) is 11.3 Å². The first-order valence-electron chi connectivity index (χ1n) is 9.09. The van der Waals surface area contributed by atoms with Gasteiger partial charge in [0, 0.05) is 18.4 Å². The van der Waals surface area contributed by atoms with E-state index in [1.807, 2.05) is 44.2 Å². The molecule has 3 aromatic rings. The minimum atomic E-state index is -0.883. The molecule has 0 saturated heterocycles. The molecule has 0 unspecified atom stereocenters. The maximum absolute atomic E-state index is 12.3. The first kappa shape index (κ1) is 19.4. The second-order valence-corrected chi connectivity index (χ2v) is 6.68. The molecule has 0 aliphatic heterocycles. The lowest BCUT2D eigenvalue weighted by Gasteiger charge is -2.14. The van der Waals surface area contributed by atoms with Crippen LogP contribution in [-0.2, 0) is 16.1 Å². The molecule has 2 aromatic carbocycles. The molecular formula is C22H23N3O3. The van der Waals surface area contributed by atoms with E-state index in [-0.39, 0.29) is 5.91 Å². The normalized spacial score (nSPS) is 11.7. The average Bonchev–Trinajstić information content (AvgIpc) is 3.13. The largest absolute Gasteiger partial charge is 0.449 e. The molecule has 0 bridgehead atoms. The number of benzene rings is 2. The zero-order valence-electron chi connectivity index (χ0n) is 16.2. The summed E-state index contributed by atoms with van der Waals surface area (Å²) in [5, 5.41) is 7.01. The second kappa shape index (κ2) is 8.52. The van der Waals surface area contributed by atoms with Gasteiger partial charge in [-0.2, -0.15) is 5.10 Å². The number of aryl methyl sites for hydroxylation is 2. The SMILES string of the molecule is Cc1ccc(CNC(=O)[C@H](C)OC(=O)c2ccc(-n3nccc3C)cc2)cc1. The summed E-state index contributed by atoms with van der Waals surface area (Å²) in [6, 6.07) is 16.7. The molecule has 0 saturated carbocycles. The van der Waals surface area contributed by atoms with Crippen LogP contribution in [0.1, 0.15) is 34.1 Å². The van der Waals surface area contributed by atoms with E-state index in [0.717, 1.165) is 22.5 Å². The number of rotatable bonds is 6. The van der Waals surface area contributed by atoms with Crippen molar-refractivity contribution >= 4 is 11.9 Å². The van der Waals surface area contributed by atoms with Gasteiger partial charge in [-0.15, -0.1) is 0 Å². The standard InChI is InChI=1S/C22H23N3O3/c1-15-4-6-18(7-5-15)14-23-21(26)17(3)28-22(27)19-8-10-20(11-9-19)25-16(2)12-13-24-25/h4-13,17H,14H2,1-3H3,(H,23,26)/t17-/m0/s1. The zero-order valence-corrected chi connectivity index (χ0v) is 16.2. The van der Waals surface area contributed by atoms with Crippen LogP contribution in [0, 0.1) is 13.8 Å². The molecule has 0 aliphatic carbocycles. The Morgan fingerprint density at radius 1 is 1.04 bits per heavy atom. The first-order valence-corrected chi connectivity index (χ1v) is 9.09. The van der Waals surface area contributed by atoms with Crippen LogP contribution in [0.2, 0.25) is 0 Å². The summed E-state index contributed by atoms with van der Waals surface area (Å²) in [4.78, 5) is 24.5. The zero-order chi connectivity index (χ0) is 20.1. The molecule has 6 nitrogen and oxygen atoms in total. The van der Waals surface area contributed by atoms with E-state index in [9.17, 15) is 9.59 Å². The van der Waals surface area contributed by atoms with Crippen molar-refractivity contribution in [2.75, 3.05) is 0 Å². The fourth-order valence-corrected chi connectivity index (χ4v) is 2.70. The number of aromatic nitrogens is 2. The number of esters is 1. The van der Waals surface area contributed by atoms with Crippen LogP contribution < -0.4 is 5.32 Å². The van der Waals surface area contributed by atoms with Crippen LogP contribution in [0.5, 0.6) is 0 Å². The summed E-state index contributed by atoms with van der Waals surface area (Å²) in [6.07, 6.45) is 0.833. The summed E-state index contributed by atoms with van der Waals surface area (Å²) >= 11 is 0. The fourth-order valence-electron chi connectivity index (χ4n) is 2.70. The van der Waals surface area contributed by atoms with Crippen molar-refractivity contribution in [3.8, 4) is 5.69 Å². The molecule has 3 rings (SSSR count). The maximum atomic E-state index is 12.3. The number of ether oxygens (including phenoxy) is 1. The molecule has 144 valence electrons. The van der Waals surface area contributed by atoms with Crippen LogP contribution >= 0.6 is 0 Å². The van der Waals surface area contributed by atoms with Gasteiger partial charge in [0.2, 0.25) is 0 Å². The average molecular weight is 377 g/mol. The van der Waals surface area contributed by atoms with Crippen LogP contribution in [-0.4, -0.2) is 27.8 Å². The van der Waals surface area contributed by atoms with Gasteiger partial charge in [0.15, 0.2) is 6.10 Å². The van der Waals surface area contributed by atoms with Gasteiger partial charge >= 0.3 is 5.97 Å². The fraction of sp³-hybridized carbons (Fsp3) is 0.227. The number of nitrogens with zero attached hydrogens (tertiary/aromatic N) is 2. The Hall–Kier alpha value is -3.41. The van der Waals surface area contributed by atoms with Gasteiger partial charge in [-0.05, 0) is 56.7 Å². The molecule has 1 aromatic heterocycles. The van der Waals surface area contributed by atoms with Crippen molar-refractivity contribution in [3.05, 3.63) is 83.2 Å². The highest BCUT2D eigenvalue weighted by Gasteiger charge is 2.18. The lowest BCUT2D eigenvalue weighted by Crippen LogP contribution is -2.35. The minimum absolute atomic E-state index is 0.335. The lowest BCUT2D eigenvalue weighted by molar-refractivity contribution is -0.129. The molecular weight excluding hydrogens is 354 g/mol. The number of amides is 1. The number of carbonyl (C=O) groups is 2. The Kier molecular flexibility index (Phi) is 5.89. The van der Waals surface area contributed by atoms with Gasteiger partial charge < -0.3 is 10.1 Å². The monoisotopic (exact) mass is 377 g/mol. The predicted octanol–water partition coefficient (Wildman–Crippen LogP) is 3.35. The number of nitrogens with one attached hydrogen (secondary N) is 1. The third kappa shape index (κ3) is 4.65. The summed E-state index contributed by atoms with van der Waals surface area (Å²) in [5.74, 6) is -0.876. The Morgan fingerprint density at radius 3 is 2.32 bits per heavy atom. The first-order chi connectivity index (χ1) is 13.4. The molecule has 1 atom stereocenters. The van der Waals surface area contributed by atoms with Crippen molar-refractivity contribution in [2.24, 2.45) is 0 Å². The highest BCUT2D eigenvalue weighted by molar-refractivity contribution is 5.92. The highest BCUT2D eigenvalue weighted by atomic mass is 16.5. The molecule has 0 spiro atoms. The maximum Gasteiger partial charge on any atom is 0.338 e. The molecule has 1 N–H and O–H groups in total. The molecule has 0 aliphatic rings. The topological polar surface area (TPSA) is 73.2 Å². The van der Waals surface area contributed by atoms with Crippen LogP contribution in [0.25, 0.3) is 5.69 Å². The summed E-state index contributed by atoms with van der Waals surface area (Å²) in [6.45, 7) is 5.90. The third-order valence-electron chi connectivity index (χ3n) is 4.42. The van der Waals surface area contributed by atoms with Crippen LogP contribution in [0.3, 0.4) is 0 Å². The summed E-state index contributed by atoms with van der Waals surface area (Å²) < 4.78 is 7.06. The summed E-state index contributed by atoms with van der Waals surface area (Å²) in [5.41, 5.74) is 4.37. The highest BCUT2D eigenvalue weighted by Crippen LogP contribution is 2.13. The molecule has 1 heterocycles. The van der Waals surface area contributed by atoms with Crippen molar-refractivity contribution in [1.82, 2.24) is 15.1 Å². The third-order valence-corrected chi connectivity index (χ3v) is 4.42. The van der Waals surface area contributed by atoms with E-state index in [2.05, 4.69) is 10.4 Å². The van der Waals surface area contributed by atoms with Gasteiger partial charge in [0.25, 0.3) is 5.91 Å².